The summed E-state index contributed by atoms with van der Waals surface area (Å²) < 4.78 is 0. The van der Waals surface area contributed by atoms with E-state index in [0.29, 0.717) is 0 Å². The second kappa shape index (κ2) is 6.02. The number of nitrogens with zero attached hydrogens (tertiary/aromatic N) is 1. The number of carbonyl (C=O) groups is 1. The highest BCUT2D eigenvalue weighted by molar-refractivity contribution is 5.78. The zero-order valence-electron chi connectivity index (χ0n) is 9.25. The lowest BCUT2D eigenvalue weighted by molar-refractivity contribution is -0.125. The summed E-state index contributed by atoms with van der Waals surface area (Å²) in [5.41, 5.74) is 0. The van der Waals surface area contributed by atoms with Crippen molar-refractivity contribution in [1.82, 2.24) is 10.2 Å². The smallest absolute Gasteiger partial charge is 0.223 e. The molecule has 0 aliphatic heterocycles. The van der Waals surface area contributed by atoms with Gasteiger partial charge in [0.2, 0.25) is 5.91 Å². The van der Waals surface area contributed by atoms with Crippen molar-refractivity contribution in [2.24, 2.45) is 5.92 Å². The molecule has 14 heavy (non-hydrogen) atoms. The van der Waals surface area contributed by atoms with E-state index in [1.54, 1.807) is 0 Å². The van der Waals surface area contributed by atoms with Gasteiger partial charge in [-0.2, -0.15) is 0 Å². The monoisotopic (exact) mass is 197 g/mol. The largest absolute Gasteiger partial charge is 0.355 e. The van der Waals surface area contributed by atoms with E-state index in [0.717, 1.165) is 25.9 Å². The zero-order valence-corrected chi connectivity index (χ0v) is 9.25. The Morgan fingerprint density at radius 2 is 2.36 bits per heavy atom. The van der Waals surface area contributed by atoms with Crippen LogP contribution in [0, 0.1) is 12.3 Å². The molecule has 0 heterocycles. The third kappa shape index (κ3) is 4.09. The Balaban J connectivity index is 2.13. The number of likely N-dealkylation sites (N-methyl/N-ethyl adjacent to an activating group) is 1. The normalized spacial score (nSPS) is 18.5. The minimum Gasteiger partial charge on any atom is -0.355 e. The number of hydrogen-bond donors (Lipinski definition) is 1. The summed E-state index contributed by atoms with van der Waals surface area (Å²) >= 11 is 0. The standard InChI is InChI=1S/C11H21N2O/c1-13(2)9-8-12-11(14)10-6-4-3-5-7-10/h4,10H,3,5-9H2,1-2H3,(H,12,14). The fourth-order valence-corrected chi connectivity index (χ4v) is 1.73. The van der Waals surface area contributed by atoms with Crippen molar-refractivity contribution in [2.45, 2.75) is 25.7 Å². The first-order valence-corrected chi connectivity index (χ1v) is 5.44. The predicted octanol–water partition coefficient (Wildman–Crippen LogP) is 1.06. The number of hydrogen-bond acceptors (Lipinski definition) is 2. The van der Waals surface area contributed by atoms with Gasteiger partial charge >= 0.3 is 0 Å². The summed E-state index contributed by atoms with van der Waals surface area (Å²) in [5, 5.41) is 2.98. The molecule has 0 aromatic heterocycles. The summed E-state index contributed by atoms with van der Waals surface area (Å²) in [4.78, 5) is 13.7. The highest BCUT2D eigenvalue weighted by Gasteiger charge is 2.20. The topological polar surface area (TPSA) is 32.3 Å². The van der Waals surface area contributed by atoms with Gasteiger partial charge in [-0.1, -0.05) is 12.8 Å². The Morgan fingerprint density at radius 1 is 1.57 bits per heavy atom. The number of carbonyl (C=O) groups excluding carboxylic acids is 1. The van der Waals surface area contributed by atoms with Crippen molar-refractivity contribution in [3.05, 3.63) is 6.42 Å². The van der Waals surface area contributed by atoms with E-state index < -0.39 is 0 Å². The van der Waals surface area contributed by atoms with Gasteiger partial charge < -0.3 is 10.2 Å². The van der Waals surface area contributed by atoms with E-state index in [1.807, 2.05) is 14.1 Å². The van der Waals surface area contributed by atoms with Gasteiger partial charge in [0.15, 0.2) is 0 Å². The van der Waals surface area contributed by atoms with Crippen LogP contribution < -0.4 is 5.32 Å². The average Bonchev–Trinajstić information content (AvgIpc) is 2.18. The van der Waals surface area contributed by atoms with Gasteiger partial charge in [0.25, 0.3) is 0 Å². The van der Waals surface area contributed by atoms with Crippen LogP contribution in [-0.2, 0) is 4.79 Å². The molecule has 1 N–H and O–H groups in total. The molecule has 1 aliphatic rings. The fraction of sp³-hybridized carbons (Fsp3) is 0.818. The molecule has 1 rings (SSSR count). The van der Waals surface area contributed by atoms with Crippen molar-refractivity contribution >= 4 is 5.91 Å². The van der Waals surface area contributed by atoms with E-state index >= 15 is 0 Å². The molecule has 0 bridgehead atoms. The highest BCUT2D eigenvalue weighted by atomic mass is 16.1. The maximum Gasteiger partial charge on any atom is 0.223 e. The van der Waals surface area contributed by atoms with Crippen molar-refractivity contribution in [1.29, 1.82) is 0 Å². The molecule has 0 aromatic carbocycles. The van der Waals surface area contributed by atoms with Crippen molar-refractivity contribution in [3.63, 3.8) is 0 Å². The first-order chi connectivity index (χ1) is 6.70. The lowest BCUT2D eigenvalue weighted by atomic mass is 9.89. The first-order valence-electron chi connectivity index (χ1n) is 5.44. The van der Waals surface area contributed by atoms with E-state index in [1.165, 1.54) is 12.8 Å². The van der Waals surface area contributed by atoms with Gasteiger partial charge in [-0.3, -0.25) is 4.79 Å². The van der Waals surface area contributed by atoms with Gasteiger partial charge in [0.1, 0.15) is 0 Å². The molecule has 81 valence electrons. The summed E-state index contributed by atoms with van der Waals surface area (Å²) in [5.74, 6) is 0.480. The van der Waals surface area contributed by atoms with Crippen LogP contribution >= 0.6 is 0 Å². The second-order valence-corrected chi connectivity index (χ2v) is 4.25. The first kappa shape index (κ1) is 11.5. The lowest BCUT2D eigenvalue weighted by Crippen LogP contribution is -2.36. The molecular formula is C11H21N2O. The molecule has 0 saturated heterocycles. The minimum absolute atomic E-state index is 0.239. The third-order valence-corrected chi connectivity index (χ3v) is 2.64. The van der Waals surface area contributed by atoms with Gasteiger partial charge in [-0.05, 0) is 33.4 Å². The summed E-state index contributed by atoms with van der Waals surface area (Å²) in [6.07, 6.45) is 6.62. The molecule has 1 unspecified atom stereocenters. The maximum absolute atomic E-state index is 11.6. The van der Waals surface area contributed by atoms with Crippen LogP contribution in [0.3, 0.4) is 0 Å². The average molecular weight is 197 g/mol. The van der Waals surface area contributed by atoms with E-state index in [9.17, 15) is 4.79 Å². The molecule has 1 saturated carbocycles. The fourth-order valence-electron chi connectivity index (χ4n) is 1.73. The van der Waals surface area contributed by atoms with E-state index in [4.69, 9.17) is 0 Å². The Kier molecular flexibility index (Phi) is 4.94. The van der Waals surface area contributed by atoms with Crippen molar-refractivity contribution in [2.75, 3.05) is 27.2 Å². The quantitative estimate of drug-likeness (QED) is 0.731. The highest BCUT2D eigenvalue weighted by Crippen LogP contribution is 2.22. The minimum atomic E-state index is 0.239. The van der Waals surface area contributed by atoms with E-state index in [2.05, 4.69) is 16.6 Å². The zero-order chi connectivity index (χ0) is 10.4. The molecule has 1 fully saturated rings. The second-order valence-electron chi connectivity index (χ2n) is 4.25. The molecule has 1 aliphatic carbocycles. The summed E-state index contributed by atoms with van der Waals surface area (Å²) in [6, 6.07) is 0. The van der Waals surface area contributed by atoms with Crippen LogP contribution in [0.25, 0.3) is 0 Å². The molecule has 3 nitrogen and oxygen atoms in total. The molecule has 1 radical (unpaired) electrons. The Morgan fingerprint density at radius 3 is 2.93 bits per heavy atom. The predicted molar refractivity (Wildman–Crippen MR) is 57.8 cm³/mol. The van der Waals surface area contributed by atoms with Gasteiger partial charge in [0.05, 0.1) is 0 Å². The van der Waals surface area contributed by atoms with Gasteiger partial charge in [-0.25, -0.2) is 0 Å². The van der Waals surface area contributed by atoms with Crippen molar-refractivity contribution < 1.29 is 4.79 Å². The van der Waals surface area contributed by atoms with Crippen LogP contribution in [0.1, 0.15) is 25.7 Å². The Labute approximate surface area is 86.9 Å². The molecule has 1 amide bonds. The number of nitrogens with one attached hydrogen (secondary N) is 1. The van der Waals surface area contributed by atoms with Crippen LogP contribution in [0.2, 0.25) is 0 Å². The van der Waals surface area contributed by atoms with Crippen LogP contribution in [0.4, 0.5) is 0 Å². The third-order valence-electron chi connectivity index (χ3n) is 2.64. The summed E-state index contributed by atoms with van der Waals surface area (Å²) in [7, 11) is 4.03. The maximum atomic E-state index is 11.6. The number of rotatable bonds is 4. The molecule has 0 spiro atoms. The summed E-state index contributed by atoms with van der Waals surface area (Å²) in [6.45, 7) is 1.69. The Bertz CT molecular complexity index is 174. The molecule has 3 heteroatoms. The molecule has 1 atom stereocenters. The Hall–Kier alpha value is -0.570. The van der Waals surface area contributed by atoms with Gasteiger partial charge in [-0.15, -0.1) is 0 Å². The van der Waals surface area contributed by atoms with E-state index in [-0.39, 0.29) is 11.8 Å². The van der Waals surface area contributed by atoms with Crippen LogP contribution in [-0.4, -0.2) is 38.0 Å². The molecular weight excluding hydrogens is 176 g/mol. The van der Waals surface area contributed by atoms with Gasteiger partial charge in [0, 0.05) is 19.0 Å². The SMILES string of the molecule is CN(C)CCNC(=O)C1C[CH]CCC1. The molecule has 0 aromatic rings. The number of amides is 1. The lowest BCUT2D eigenvalue weighted by Gasteiger charge is -2.21. The van der Waals surface area contributed by atoms with Crippen molar-refractivity contribution in [3.8, 4) is 0 Å². The van der Waals surface area contributed by atoms with Crippen LogP contribution in [0.5, 0.6) is 0 Å². The van der Waals surface area contributed by atoms with Crippen LogP contribution in [0.15, 0.2) is 0 Å².